The molecule has 2 N–H and O–H groups in total. The van der Waals surface area contributed by atoms with Crippen LogP contribution in [0, 0.1) is 0 Å². The molecule has 6 nitrogen and oxygen atoms in total. The van der Waals surface area contributed by atoms with Gasteiger partial charge in [-0.25, -0.2) is 8.42 Å². The number of carbonyl (C=O) groups is 2. The van der Waals surface area contributed by atoms with Gasteiger partial charge in [0.25, 0.3) is 5.91 Å². The predicted octanol–water partition coefficient (Wildman–Crippen LogP) is 1.74. The summed E-state index contributed by atoms with van der Waals surface area (Å²) in [5.41, 5.74) is 6.77. The second kappa shape index (κ2) is 6.49. The van der Waals surface area contributed by atoms with Gasteiger partial charge in [-0.15, -0.1) is 0 Å². The molecule has 26 heavy (non-hydrogen) atoms. The molecule has 2 amide bonds. The third kappa shape index (κ3) is 2.94. The van der Waals surface area contributed by atoms with Gasteiger partial charge in [0.2, 0.25) is 15.7 Å². The van der Waals surface area contributed by atoms with Crippen molar-refractivity contribution in [1.29, 1.82) is 0 Å². The number of hydrogen-bond donors (Lipinski definition) is 1. The minimum Gasteiger partial charge on any atom is -0.368 e. The highest BCUT2D eigenvalue weighted by molar-refractivity contribution is 7.91. The van der Waals surface area contributed by atoms with Gasteiger partial charge in [-0.2, -0.15) is 8.78 Å². The lowest BCUT2D eigenvalue weighted by molar-refractivity contribution is -0.119. The Kier molecular flexibility index (Phi) is 4.49. The van der Waals surface area contributed by atoms with Crippen molar-refractivity contribution in [1.82, 2.24) is 0 Å². The molecule has 0 saturated carbocycles. The van der Waals surface area contributed by atoms with Crippen molar-refractivity contribution in [3.05, 3.63) is 59.7 Å². The van der Waals surface area contributed by atoms with Crippen molar-refractivity contribution in [3.8, 4) is 0 Å². The van der Waals surface area contributed by atoms with E-state index in [1.165, 1.54) is 4.90 Å². The summed E-state index contributed by atoms with van der Waals surface area (Å²) in [6, 6.07) is 10.2. The lowest BCUT2D eigenvalue weighted by Gasteiger charge is -2.23. The van der Waals surface area contributed by atoms with Crippen molar-refractivity contribution in [2.75, 3.05) is 4.90 Å². The van der Waals surface area contributed by atoms with Gasteiger partial charge in [-0.3, -0.25) is 14.5 Å². The molecule has 1 atom stereocenters. The third-order valence-electron chi connectivity index (χ3n) is 4.19. The van der Waals surface area contributed by atoms with E-state index in [2.05, 4.69) is 0 Å². The normalized spacial score (nSPS) is 16.6. The molecule has 0 saturated heterocycles. The summed E-state index contributed by atoms with van der Waals surface area (Å²) >= 11 is 0. The summed E-state index contributed by atoms with van der Waals surface area (Å²) in [6.07, 6.45) is 0.273. The van der Waals surface area contributed by atoms with Crippen LogP contribution >= 0.6 is 0 Å². The molecule has 0 aliphatic carbocycles. The van der Waals surface area contributed by atoms with Crippen LogP contribution in [0.2, 0.25) is 0 Å². The second-order valence-electron chi connectivity index (χ2n) is 5.76. The Morgan fingerprint density at radius 1 is 1.08 bits per heavy atom. The Morgan fingerprint density at radius 3 is 2.27 bits per heavy atom. The Morgan fingerprint density at radius 2 is 1.69 bits per heavy atom. The number of para-hydroxylation sites is 1. The van der Waals surface area contributed by atoms with Crippen molar-refractivity contribution in [2.45, 2.75) is 23.1 Å². The van der Waals surface area contributed by atoms with E-state index in [-0.39, 0.29) is 12.0 Å². The number of alkyl halides is 2. The number of carbonyl (C=O) groups excluding carboxylic acids is 2. The van der Waals surface area contributed by atoms with Crippen LogP contribution in [0.3, 0.4) is 0 Å². The van der Waals surface area contributed by atoms with Gasteiger partial charge >= 0.3 is 5.76 Å². The first-order valence-electron chi connectivity index (χ1n) is 7.56. The molecule has 2 aromatic rings. The SMILES string of the molecule is NC(=O)[C@@H]1Cc2ccccc2N1C(=O)c1ccc(S(=O)(=O)C(F)F)cc1. The number of anilines is 1. The first-order valence-corrected chi connectivity index (χ1v) is 9.11. The molecule has 1 heterocycles. The molecule has 136 valence electrons. The van der Waals surface area contributed by atoms with Crippen molar-refractivity contribution in [2.24, 2.45) is 5.73 Å². The first-order chi connectivity index (χ1) is 12.2. The number of rotatable bonds is 4. The third-order valence-corrected chi connectivity index (χ3v) is 5.59. The van der Waals surface area contributed by atoms with E-state index in [0.29, 0.717) is 5.69 Å². The molecule has 9 heteroatoms. The summed E-state index contributed by atoms with van der Waals surface area (Å²) in [7, 11) is -4.74. The number of halogens is 2. The summed E-state index contributed by atoms with van der Waals surface area (Å²) < 4.78 is 48.1. The number of benzene rings is 2. The van der Waals surface area contributed by atoms with Crippen LogP contribution < -0.4 is 10.6 Å². The molecule has 0 spiro atoms. The molecule has 1 aliphatic heterocycles. The first kappa shape index (κ1) is 18.0. The predicted molar refractivity (Wildman–Crippen MR) is 89.6 cm³/mol. The van der Waals surface area contributed by atoms with Crippen LogP contribution in [0.15, 0.2) is 53.4 Å². The monoisotopic (exact) mass is 380 g/mol. The van der Waals surface area contributed by atoms with E-state index >= 15 is 0 Å². The molecule has 0 unspecified atom stereocenters. The van der Waals surface area contributed by atoms with E-state index in [0.717, 1.165) is 29.8 Å². The Balaban J connectivity index is 1.97. The minimum atomic E-state index is -4.74. The van der Waals surface area contributed by atoms with Gasteiger partial charge in [0, 0.05) is 17.7 Å². The highest BCUT2D eigenvalue weighted by Gasteiger charge is 2.37. The number of amides is 2. The second-order valence-corrected chi connectivity index (χ2v) is 7.67. The van der Waals surface area contributed by atoms with Gasteiger partial charge < -0.3 is 5.73 Å². The highest BCUT2D eigenvalue weighted by atomic mass is 32.2. The minimum absolute atomic E-state index is 0.0566. The topological polar surface area (TPSA) is 97.5 Å². The fraction of sp³-hybridized carbons (Fsp3) is 0.176. The van der Waals surface area contributed by atoms with Crippen LogP contribution in [-0.2, 0) is 21.1 Å². The molecule has 2 aromatic carbocycles. The van der Waals surface area contributed by atoms with Crippen LogP contribution in [0.4, 0.5) is 14.5 Å². The van der Waals surface area contributed by atoms with Gasteiger partial charge in [-0.05, 0) is 35.9 Å². The smallest absolute Gasteiger partial charge is 0.341 e. The van der Waals surface area contributed by atoms with Crippen molar-refractivity contribution in [3.63, 3.8) is 0 Å². The fourth-order valence-corrected chi connectivity index (χ4v) is 3.62. The summed E-state index contributed by atoms with van der Waals surface area (Å²) in [5, 5.41) is 0. The fourth-order valence-electron chi connectivity index (χ4n) is 2.89. The van der Waals surface area contributed by atoms with E-state index in [9.17, 15) is 26.8 Å². The molecular formula is C17H14F2N2O4S. The Bertz CT molecular complexity index is 975. The van der Waals surface area contributed by atoms with Gasteiger partial charge in [-0.1, -0.05) is 18.2 Å². The lowest BCUT2D eigenvalue weighted by Crippen LogP contribution is -2.46. The molecular weight excluding hydrogens is 366 g/mol. The largest absolute Gasteiger partial charge is 0.368 e. The number of primary amides is 1. The number of nitrogens with two attached hydrogens (primary N) is 1. The molecule has 0 aromatic heterocycles. The summed E-state index contributed by atoms with van der Waals surface area (Å²) in [6.45, 7) is 0. The number of nitrogens with zero attached hydrogens (tertiary/aromatic N) is 1. The maximum absolute atomic E-state index is 12.8. The van der Waals surface area contributed by atoms with E-state index in [4.69, 9.17) is 5.73 Å². The molecule has 3 rings (SSSR count). The number of fused-ring (bicyclic) bond motifs is 1. The molecule has 0 bridgehead atoms. The highest BCUT2D eigenvalue weighted by Crippen LogP contribution is 2.33. The zero-order valence-corrected chi connectivity index (χ0v) is 14.1. The average Bonchev–Trinajstić information content (AvgIpc) is 3.01. The van der Waals surface area contributed by atoms with E-state index in [1.807, 2.05) is 0 Å². The summed E-state index contributed by atoms with van der Waals surface area (Å²) in [5.74, 6) is -4.79. The van der Waals surface area contributed by atoms with E-state index in [1.54, 1.807) is 24.3 Å². The number of hydrogen-bond acceptors (Lipinski definition) is 4. The Labute approximate surface area is 148 Å². The van der Waals surface area contributed by atoms with Gasteiger partial charge in [0.1, 0.15) is 6.04 Å². The van der Waals surface area contributed by atoms with Crippen molar-refractivity contribution >= 4 is 27.3 Å². The van der Waals surface area contributed by atoms with Gasteiger partial charge in [0.05, 0.1) is 4.90 Å². The van der Waals surface area contributed by atoms with Crippen LogP contribution in [0.25, 0.3) is 0 Å². The average molecular weight is 380 g/mol. The standard InChI is InChI=1S/C17H14F2N2O4S/c18-17(19)26(24,25)12-7-5-10(6-8-12)16(23)21-13-4-2-1-3-11(13)9-14(21)15(20)22/h1-8,14,17H,9H2,(H2,20,22)/t14-/m0/s1. The quantitative estimate of drug-likeness (QED) is 0.874. The zero-order valence-electron chi connectivity index (χ0n) is 13.3. The zero-order chi connectivity index (χ0) is 19.1. The maximum Gasteiger partial charge on any atom is 0.341 e. The van der Waals surface area contributed by atoms with E-state index < -0.39 is 38.3 Å². The Hall–Kier alpha value is -2.81. The molecule has 0 fully saturated rings. The maximum atomic E-state index is 12.8. The van der Waals surface area contributed by atoms with Crippen LogP contribution in [0.5, 0.6) is 0 Å². The molecule has 0 radical (unpaired) electrons. The molecule has 1 aliphatic rings. The number of sulfone groups is 1. The van der Waals surface area contributed by atoms with Gasteiger partial charge in [0.15, 0.2) is 0 Å². The summed E-state index contributed by atoms with van der Waals surface area (Å²) in [4.78, 5) is 25.2. The van der Waals surface area contributed by atoms with Crippen molar-refractivity contribution < 1.29 is 26.8 Å². The van der Waals surface area contributed by atoms with Crippen LogP contribution in [-0.4, -0.2) is 32.0 Å². The lowest BCUT2D eigenvalue weighted by atomic mass is 10.1. The van der Waals surface area contributed by atoms with Crippen LogP contribution in [0.1, 0.15) is 15.9 Å².